The number of rotatable bonds is 4. The van der Waals surface area contributed by atoms with E-state index < -0.39 is 10.0 Å². The molecule has 1 aromatic heterocycles. The van der Waals surface area contributed by atoms with E-state index in [2.05, 4.69) is 4.98 Å². The zero-order chi connectivity index (χ0) is 15.2. The van der Waals surface area contributed by atoms with Crippen molar-refractivity contribution in [1.29, 1.82) is 0 Å². The molecule has 0 spiro atoms. The Morgan fingerprint density at radius 2 is 1.95 bits per heavy atom. The number of aromatic nitrogens is 1. The van der Waals surface area contributed by atoms with Gasteiger partial charge in [0.05, 0.1) is 11.8 Å². The molecule has 0 radical (unpaired) electrons. The summed E-state index contributed by atoms with van der Waals surface area (Å²) in [5.74, 6) is 0.730. The van der Waals surface area contributed by atoms with Crippen molar-refractivity contribution in [2.75, 3.05) is 13.1 Å². The van der Waals surface area contributed by atoms with Crippen LogP contribution in [0.3, 0.4) is 0 Å². The van der Waals surface area contributed by atoms with Crippen LogP contribution in [-0.2, 0) is 10.0 Å². The molecular formula is C16H18N2O3S. The van der Waals surface area contributed by atoms with Gasteiger partial charge in [0, 0.05) is 18.1 Å². The van der Waals surface area contributed by atoms with Crippen molar-refractivity contribution in [2.24, 2.45) is 0 Å². The van der Waals surface area contributed by atoms with Gasteiger partial charge >= 0.3 is 0 Å². The molecular weight excluding hydrogens is 300 g/mol. The van der Waals surface area contributed by atoms with Crippen LogP contribution in [0.2, 0.25) is 0 Å². The van der Waals surface area contributed by atoms with E-state index in [0.717, 1.165) is 35.9 Å². The van der Waals surface area contributed by atoms with E-state index >= 15 is 0 Å². The van der Waals surface area contributed by atoms with Crippen LogP contribution in [0.4, 0.5) is 0 Å². The van der Waals surface area contributed by atoms with E-state index in [9.17, 15) is 8.42 Å². The summed E-state index contributed by atoms with van der Waals surface area (Å²) in [6.07, 6.45) is 3.99. The van der Waals surface area contributed by atoms with Crippen LogP contribution in [0.15, 0.2) is 36.5 Å². The van der Waals surface area contributed by atoms with E-state index in [1.165, 1.54) is 0 Å². The van der Waals surface area contributed by atoms with Gasteiger partial charge in [-0.2, -0.15) is 4.31 Å². The van der Waals surface area contributed by atoms with Crippen molar-refractivity contribution in [3.05, 3.63) is 36.5 Å². The van der Waals surface area contributed by atoms with Crippen LogP contribution >= 0.6 is 0 Å². The van der Waals surface area contributed by atoms with Gasteiger partial charge in [0.2, 0.25) is 10.0 Å². The van der Waals surface area contributed by atoms with E-state index in [4.69, 9.17) is 4.74 Å². The Bertz CT molecular complexity index is 797. The number of benzene rings is 1. The third-order valence-corrected chi connectivity index (χ3v) is 6.67. The molecule has 1 aromatic carbocycles. The molecule has 6 heteroatoms. The van der Waals surface area contributed by atoms with Gasteiger partial charge in [-0.1, -0.05) is 18.2 Å². The van der Waals surface area contributed by atoms with E-state index in [1.54, 1.807) is 10.5 Å². The summed E-state index contributed by atoms with van der Waals surface area (Å²) in [4.78, 5) is 4.37. The number of hydrogen-bond donors (Lipinski definition) is 0. The predicted molar refractivity (Wildman–Crippen MR) is 84.3 cm³/mol. The molecule has 1 aliphatic heterocycles. The Morgan fingerprint density at radius 1 is 1.14 bits per heavy atom. The van der Waals surface area contributed by atoms with E-state index in [0.29, 0.717) is 13.1 Å². The number of ether oxygens (including phenoxy) is 1. The molecule has 1 aliphatic carbocycles. The maximum atomic E-state index is 12.3. The van der Waals surface area contributed by atoms with Crippen molar-refractivity contribution < 1.29 is 13.2 Å². The number of para-hydroxylation sites is 1. The molecule has 5 nitrogen and oxygen atoms in total. The van der Waals surface area contributed by atoms with Crippen LogP contribution in [0.25, 0.3) is 10.9 Å². The minimum atomic E-state index is -3.10. The Kier molecular flexibility index (Phi) is 3.31. The van der Waals surface area contributed by atoms with Crippen molar-refractivity contribution in [3.63, 3.8) is 0 Å². The maximum Gasteiger partial charge on any atom is 0.217 e. The highest BCUT2D eigenvalue weighted by molar-refractivity contribution is 7.90. The molecule has 1 atom stereocenters. The highest BCUT2D eigenvalue weighted by atomic mass is 32.2. The molecule has 2 heterocycles. The highest BCUT2D eigenvalue weighted by Crippen LogP contribution is 2.33. The molecule has 1 saturated carbocycles. The van der Waals surface area contributed by atoms with Gasteiger partial charge in [-0.15, -0.1) is 0 Å². The molecule has 0 amide bonds. The second kappa shape index (κ2) is 5.21. The summed E-state index contributed by atoms with van der Waals surface area (Å²) in [6, 6.07) is 9.72. The topological polar surface area (TPSA) is 59.5 Å². The lowest BCUT2D eigenvalue weighted by Crippen LogP contribution is -2.33. The first-order valence-corrected chi connectivity index (χ1v) is 9.14. The number of fused-ring (bicyclic) bond motifs is 1. The Morgan fingerprint density at radius 3 is 2.77 bits per heavy atom. The summed E-state index contributed by atoms with van der Waals surface area (Å²) >= 11 is 0. The highest BCUT2D eigenvalue weighted by Gasteiger charge is 2.43. The molecule has 2 aliphatic rings. The SMILES string of the molecule is O=S(=O)(C1CC1)N1CC[C@H](Oc2cccc3cccnc23)C1. The predicted octanol–water partition coefficient (Wildman–Crippen LogP) is 2.18. The summed E-state index contributed by atoms with van der Waals surface area (Å²) in [7, 11) is -3.10. The fraction of sp³-hybridized carbons (Fsp3) is 0.438. The second-order valence-electron chi connectivity index (χ2n) is 5.96. The fourth-order valence-electron chi connectivity index (χ4n) is 2.95. The Balaban J connectivity index is 1.52. The lowest BCUT2D eigenvalue weighted by Gasteiger charge is -2.17. The molecule has 0 unspecified atom stereocenters. The number of sulfonamides is 1. The average molecular weight is 318 g/mol. The van der Waals surface area contributed by atoms with Gasteiger partial charge in [0.25, 0.3) is 0 Å². The van der Waals surface area contributed by atoms with Gasteiger partial charge in [-0.05, 0) is 31.4 Å². The van der Waals surface area contributed by atoms with E-state index in [-0.39, 0.29) is 11.4 Å². The Labute approximate surface area is 130 Å². The lowest BCUT2D eigenvalue weighted by atomic mass is 10.2. The zero-order valence-corrected chi connectivity index (χ0v) is 13.0. The van der Waals surface area contributed by atoms with Gasteiger partial charge in [-0.25, -0.2) is 8.42 Å². The molecule has 0 bridgehead atoms. The van der Waals surface area contributed by atoms with Crippen LogP contribution in [0.1, 0.15) is 19.3 Å². The molecule has 22 heavy (non-hydrogen) atoms. The number of pyridine rings is 1. The lowest BCUT2D eigenvalue weighted by molar-refractivity contribution is 0.218. The fourth-order valence-corrected chi connectivity index (χ4v) is 4.84. The zero-order valence-electron chi connectivity index (χ0n) is 12.2. The maximum absolute atomic E-state index is 12.3. The molecule has 1 saturated heterocycles. The van der Waals surface area contributed by atoms with Crippen molar-refractivity contribution in [1.82, 2.24) is 9.29 Å². The molecule has 2 aromatic rings. The summed E-state index contributed by atoms with van der Waals surface area (Å²) in [5, 5.41) is 0.880. The number of hydrogen-bond acceptors (Lipinski definition) is 4. The smallest absolute Gasteiger partial charge is 0.217 e. The van der Waals surface area contributed by atoms with Crippen LogP contribution in [0, 0.1) is 0 Å². The van der Waals surface area contributed by atoms with Crippen molar-refractivity contribution in [3.8, 4) is 5.75 Å². The molecule has 2 fully saturated rings. The van der Waals surface area contributed by atoms with E-state index in [1.807, 2.05) is 30.3 Å². The molecule has 0 N–H and O–H groups in total. The molecule has 4 rings (SSSR count). The third kappa shape index (κ3) is 2.46. The normalized spacial score (nSPS) is 23.0. The number of nitrogens with zero attached hydrogens (tertiary/aromatic N) is 2. The summed E-state index contributed by atoms with van der Waals surface area (Å²) in [5.41, 5.74) is 0.827. The van der Waals surface area contributed by atoms with Crippen LogP contribution < -0.4 is 4.74 Å². The molecule has 116 valence electrons. The van der Waals surface area contributed by atoms with Gasteiger partial charge < -0.3 is 4.74 Å². The van der Waals surface area contributed by atoms with Crippen LogP contribution in [0.5, 0.6) is 5.75 Å². The van der Waals surface area contributed by atoms with Crippen LogP contribution in [-0.4, -0.2) is 42.2 Å². The largest absolute Gasteiger partial charge is 0.487 e. The Hall–Kier alpha value is -1.66. The van der Waals surface area contributed by atoms with Crippen molar-refractivity contribution >= 4 is 20.9 Å². The monoisotopic (exact) mass is 318 g/mol. The first kappa shape index (κ1) is 14.0. The summed E-state index contributed by atoms with van der Waals surface area (Å²) < 4.78 is 32.2. The quantitative estimate of drug-likeness (QED) is 0.867. The standard InChI is InChI=1S/C16H18N2O3S/c19-22(20,14-6-7-14)18-10-8-13(11-18)21-15-5-1-3-12-4-2-9-17-16(12)15/h1-5,9,13-14H,6-8,10-11H2/t13-/m0/s1. The minimum absolute atomic E-state index is 0.0962. The van der Waals surface area contributed by atoms with Gasteiger partial charge in [0.15, 0.2) is 0 Å². The first-order valence-electron chi connectivity index (χ1n) is 7.64. The van der Waals surface area contributed by atoms with Crippen molar-refractivity contribution in [2.45, 2.75) is 30.6 Å². The first-order chi connectivity index (χ1) is 10.6. The minimum Gasteiger partial charge on any atom is -0.487 e. The second-order valence-corrected chi connectivity index (χ2v) is 8.18. The summed E-state index contributed by atoms with van der Waals surface area (Å²) in [6.45, 7) is 1.00. The van der Waals surface area contributed by atoms with Gasteiger partial charge in [0.1, 0.15) is 17.4 Å². The third-order valence-electron chi connectivity index (χ3n) is 4.30. The van der Waals surface area contributed by atoms with Gasteiger partial charge in [-0.3, -0.25) is 4.98 Å². The average Bonchev–Trinajstić information content (AvgIpc) is 3.28.